The van der Waals surface area contributed by atoms with Crippen molar-refractivity contribution in [2.45, 2.75) is 71.6 Å². The number of fused-ring (bicyclic) bond motifs is 3. The van der Waals surface area contributed by atoms with Crippen molar-refractivity contribution >= 4 is 5.78 Å². The summed E-state index contributed by atoms with van der Waals surface area (Å²) in [5.74, 6) is 0.190. The molecule has 0 saturated heterocycles. The lowest BCUT2D eigenvalue weighted by Crippen LogP contribution is -2.49. The van der Waals surface area contributed by atoms with Crippen LogP contribution in [0.1, 0.15) is 87.7 Å². The van der Waals surface area contributed by atoms with Crippen molar-refractivity contribution in [2.24, 2.45) is 11.3 Å². The van der Waals surface area contributed by atoms with E-state index in [4.69, 9.17) is 0 Å². The van der Waals surface area contributed by atoms with Gasteiger partial charge in [0.1, 0.15) is 0 Å². The zero-order chi connectivity index (χ0) is 17.2. The summed E-state index contributed by atoms with van der Waals surface area (Å²) in [7, 11) is 0. The molecular formula is C20H28O3. The SMILES string of the molecule is CC(C)c1c(O)c(O)cc2c1C(=O)C[C@H]1C(C)(C)CCC[C@]21C. The number of phenols is 2. The molecule has 23 heavy (non-hydrogen) atoms. The third kappa shape index (κ3) is 2.20. The predicted molar refractivity (Wildman–Crippen MR) is 91.3 cm³/mol. The number of aromatic hydroxyl groups is 2. The van der Waals surface area contributed by atoms with Crippen LogP contribution >= 0.6 is 0 Å². The van der Waals surface area contributed by atoms with Crippen molar-refractivity contribution in [3.63, 3.8) is 0 Å². The summed E-state index contributed by atoms with van der Waals surface area (Å²) in [6.45, 7) is 10.7. The summed E-state index contributed by atoms with van der Waals surface area (Å²) in [5, 5.41) is 20.6. The maximum absolute atomic E-state index is 13.0. The second kappa shape index (κ2) is 4.99. The highest BCUT2D eigenvalue weighted by Crippen LogP contribution is 2.59. The van der Waals surface area contributed by atoms with E-state index >= 15 is 0 Å². The Morgan fingerprint density at radius 3 is 2.43 bits per heavy atom. The number of ketones is 1. The highest BCUT2D eigenvalue weighted by molar-refractivity contribution is 6.02. The Kier molecular flexibility index (Phi) is 3.55. The van der Waals surface area contributed by atoms with E-state index in [1.165, 1.54) is 0 Å². The first-order chi connectivity index (χ1) is 10.6. The molecule has 0 bridgehead atoms. The molecule has 0 amide bonds. The van der Waals surface area contributed by atoms with E-state index in [1.807, 2.05) is 13.8 Å². The van der Waals surface area contributed by atoms with E-state index in [0.29, 0.717) is 17.5 Å². The van der Waals surface area contributed by atoms with Crippen LogP contribution in [0.3, 0.4) is 0 Å². The van der Waals surface area contributed by atoms with Crippen molar-refractivity contribution in [1.82, 2.24) is 0 Å². The lowest BCUT2D eigenvalue weighted by Gasteiger charge is -2.54. The van der Waals surface area contributed by atoms with Crippen LogP contribution in [-0.4, -0.2) is 16.0 Å². The Bertz CT molecular complexity index is 672. The van der Waals surface area contributed by atoms with Crippen LogP contribution in [-0.2, 0) is 5.41 Å². The van der Waals surface area contributed by atoms with Crippen LogP contribution in [0, 0.1) is 11.3 Å². The van der Waals surface area contributed by atoms with Crippen molar-refractivity contribution in [3.8, 4) is 11.5 Å². The molecule has 3 rings (SSSR count). The van der Waals surface area contributed by atoms with Crippen LogP contribution < -0.4 is 0 Å². The average Bonchev–Trinajstić information content (AvgIpc) is 2.43. The van der Waals surface area contributed by atoms with E-state index < -0.39 is 0 Å². The fourth-order valence-electron chi connectivity index (χ4n) is 5.23. The van der Waals surface area contributed by atoms with Gasteiger partial charge in [-0.25, -0.2) is 0 Å². The van der Waals surface area contributed by atoms with Gasteiger partial charge in [-0.2, -0.15) is 0 Å². The number of carbonyl (C=O) groups excluding carboxylic acids is 1. The van der Waals surface area contributed by atoms with Gasteiger partial charge in [0, 0.05) is 17.5 Å². The number of Topliss-reactive ketones (excluding diaryl/α,β-unsaturated/α-hetero) is 1. The fourth-order valence-corrected chi connectivity index (χ4v) is 5.23. The van der Waals surface area contributed by atoms with E-state index in [2.05, 4.69) is 20.8 Å². The molecule has 2 aliphatic rings. The van der Waals surface area contributed by atoms with Gasteiger partial charge in [0.05, 0.1) is 0 Å². The molecule has 1 saturated carbocycles. The van der Waals surface area contributed by atoms with Gasteiger partial charge >= 0.3 is 0 Å². The molecule has 0 radical (unpaired) electrons. The Balaban J connectivity index is 2.31. The normalized spacial score (nSPS) is 29.3. The smallest absolute Gasteiger partial charge is 0.163 e. The van der Waals surface area contributed by atoms with Crippen molar-refractivity contribution < 1.29 is 15.0 Å². The Labute approximate surface area is 138 Å². The van der Waals surface area contributed by atoms with E-state index in [1.54, 1.807) is 6.07 Å². The van der Waals surface area contributed by atoms with Gasteiger partial charge in [0.25, 0.3) is 0 Å². The highest BCUT2D eigenvalue weighted by Gasteiger charge is 2.52. The molecule has 0 unspecified atom stereocenters. The summed E-state index contributed by atoms with van der Waals surface area (Å²) in [6.07, 6.45) is 3.84. The molecule has 0 heterocycles. The number of phenolic OH excluding ortho intramolecular Hbond substituents is 2. The minimum absolute atomic E-state index is 0.00319. The Hall–Kier alpha value is -1.51. The summed E-state index contributed by atoms with van der Waals surface area (Å²) in [6, 6.07) is 1.65. The number of rotatable bonds is 1. The van der Waals surface area contributed by atoms with Gasteiger partial charge in [0.2, 0.25) is 0 Å². The van der Waals surface area contributed by atoms with E-state index in [-0.39, 0.29) is 39.9 Å². The van der Waals surface area contributed by atoms with Crippen LogP contribution in [0.25, 0.3) is 0 Å². The van der Waals surface area contributed by atoms with Crippen LogP contribution in [0.4, 0.5) is 0 Å². The Morgan fingerprint density at radius 2 is 1.83 bits per heavy atom. The molecule has 0 aromatic heterocycles. The summed E-state index contributed by atoms with van der Waals surface area (Å²) in [5.41, 5.74) is 2.25. The minimum Gasteiger partial charge on any atom is -0.504 e. The second-order valence-corrected chi connectivity index (χ2v) is 8.67. The first kappa shape index (κ1) is 16.4. The van der Waals surface area contributed by atoms with Crippen LogP contribution in [0.2, 0.25) is 0 Å². The molecular weight excluding hydrogens is 288 g/mol. The van der Waals surface area contributed by atoms with Crippen molar-refractivity contribution in [3.05, 3.63) is 22.8 Å². The molecule has 1 fully saturated rings. The van der Waals surface area contributed by atoms with Crippen LogP contribution in [0.15, 0.2) is 6.07 Å². The van der Waals surface area contributed by atoms with Crippen molar-refractivity contribution in [1.29, 1.82) is 0 Å². The third-order valence-electron chi connectivity index (χ3n) is 6.41. The maximum Gasteiger partial charge on any atom is 0.163 e. The molecule has 2 atom stereocenters. The topological polar surface area (TPSA) is 57.5 Å². The quantitative estimate of drug-likeness (QED) is 0.725. The molecule has 1 aromatic rings. The molecule has 2 aliphatic carbocycles. The first-order valence-electron chi connectivity index (χ1n) is 8.72. The lowest BCUT2D eigenvalue weighted by atomic mass is 9.50. The predicted octanol–water partition coefficient (Wildman–Crippen LogP) is 4.89. The van der Waals surface area contributed by atoms with Gasteiger partial charge in [-0.15, -0.1) is 0 Å². The van der Waals surface area contributed by atoms with Gasteiger partial charge in [-0.3, -0.25) is 4.79 Å². The van der Waals surface area contributed by atoms with Crippen molar-refractivity contribution in [2.75, 3.05) is 0 Å². The number of benzene rings is 1. The van der Waals surface area contributed by atoms with Crippen LogP contribution in [0.5, 0.6) is 11.5 Å². The molecule has 2 N–H and O–H groups in total. The first-order valence-corrected chi connectivity index (χ1v) is 8.72. The molecule has 0 spiro atoms. The monoisotopic (exact) mass is 316 g/mol. The number of carbonyl (C=O) groups is 1. The highest BCUT2D eigenvalue weighted by atomic mass is 16.3. The van der Waals surface area contributed by atoms with Gasteiger partial charge < -0.3 is 10.2 Å². The minimum atomic E-state index is -0.121. The molecule has 3 heteroatoms. The second-order valence-electron chi connectivity index (χ2n) is 8.67. The number of hydrogen-bond donors (Lipinski definition) is 2. The van der Waals surface area contributed by atoms with E-state index in [9.17, 15) is 15.0 Å². The number of hydrogen-bond acceptors (Lipinski definition) is 3. The third-order valence-corrected chi connectivity index (χ3v) is 6.41. The fraction of sp³-hybridized carbons (Fsp3) is 0.650. The summed E-state index contributed by atoms with van der Waals surface area (Å²) >= 11 is 0. The largest absolute Gasteiger partial charge is 0.504 e. The van der Waals surface area contributed by atoms with Gasteiger partial charge in [-0.05, 0) is 47.1 Å². The summed E-state index contributed by atoms with van der Waals surface area (Å²) in [4.78, 5) is 13.0. The van der Waals surface area contributed by atoms with E-state index in [0.717, 1.165) is 24.8 Å². The van der Waals surface area contributed by atoms with Gasteiger partial charge in [0.15, 0.2) is 17.3 Å². The maximum atomic E-state index is 13.0. The molecule has 3 nitrogen and oxygen atoms in total. The lowest BCUT2D eigenvalue weighted by molar-refractivity contribution is 0.0365. The Morgan fingerprint density at radius 1 is 1.17 bits per heavy atom. The molecule has 126 valence electrons. The zero-order valence-corrected chi connectivity index (χ0v) is 14.9. The molecule has 1 aromatic carbocycles. The summed E-state index contributed by atoms with van der Waals surface area (Å²) < 4.78 is 0. The average molecular weight is 316 g/mol. The molecule has 0 aliphatic heterocycles. The zero-order valence-electron chi connectivity index (χ0n) is 14.9. The van der Waals surface area contributed by atoms with Gasteiger partial charge in [-0.1, -0.05) is 41.0 Å². The standard InChI is InChI=1S/C20H28O3/c1-11(2)16-17-12(9-14(22)18(16)23)20(5)8-6-7-19(3,4)15(20)10-13(17)21/h9,11,15,22-23H,6-8,10H2,1-5H3/t15-,20+/m0/s1.